The summed E-state index contributed by atoms with van der Waals surface area (Å²) in [6.07, 6.45) is -3.63. The van der Waals surface area contributed by atoms with E-state index in [1.54, 1.807) is 25.4 Å². The lowest BCUT2D eigenvalue weighted by Crippen LogP contribution is -2.46. The third kappa shape index (κ3) is 3.08. The van der Waals surface area contributed by atoms with Gasteiger partial charge in [0.25, 0.3) is 0 Å². The van der Waals surface area contributed by atoms with Crippen molar-refractivity contribution in [1.29, 1.82) is 0 Å². The molecule has 2 aliphatic heterocycles. The van der Waals surface area contributed by atoms with E-state index in [4.69, 9.17) is 0 Å². The van der Waals surface area contributed by atoms with Gasteiger partial charge in [-0.1, -0.05) is 0 Å². The van der Waals surface area contributed by atoms with E-state index in [9.17, 15) is 26.4 Å². The lowest BCUT2D eigenvalue weighted by atomic mass is 9.83. The molecule has 3 heterocycles. The molecule has 0 aromatic carbocycles. The number of aromatic nitrogens is 1. The molecule has 1 aromatic heterocycles. The van der Waals surface area contributed by atoms with Gasteiger partial charge in [0.05, 0.1) is 11.0 Å². The maximum atomic E-state index is 13.6. The average molecular weight is 392 g/mol. The second-order valence-electron chi connectivity index (χ2n) is 6.60. The number of pyridine rings is 1. The maximum absolute atomic E-state index is 13.6. The van der Waals surface area contributed by atoms with E-state index in [1.807, 2.05) is 0 Å². The third-order valence-electron chi connectivity index (χ3n) is 5.12. The minimum atomic E-state index is -4.68. The number of hydrogen-bond acceptors (Lipinski definition) is 5. The molecule has 144 valence electrons. The van der Waals surface area contributed by atoms with E-state index >= 15 is 0 Å². The Hall–Kier alpha value is -2.04. The van der Waals surface area contributed by atoms with Gasteiger partial charge in [0.1, 0.15) is 11.2 Å². The van der Waals surface area contributed by atoms with Crippen LogP contribution in [0.5, 0.6) is 0 Å². The summed E-state index contributed by atoms with van der Waals surface area (Å²) in [5.41, 5.74) is -1.64. The maximum Gasteiger partial charge on any atom is 0.397 e. The second kappa shape index (κ2) is 6.29. The van der Waals surface area contributed by atoms with E-state index in [-0.39, 0.29) is 6.54 Å². The van der Waals surface area contributed by atoms with Crippen LogP contribution in [0.1, 0.15) is 12.0 Å². The predicted molar refractivity (Wildman–Crippen MR) is 88.3 cm³/mol. The van der Waals surface area contributed by atoms with Gasteiger partial charge in [-0.3, -0.25) is 0 Å². The Kier molecular flexibility index (Phi) is 4.53. The van der Waals surface area contributed by atoms with Crippen LogP contribution in [0.2, 0.25) is 0 Å². The van der Waals surface area contributed by atoms with Gasteiger partial charge < -0.3 is 15.5 Å². The third-order valence-corrected chi connectivity index (χ3v) is 7.36. The lowest BCUT2D eigenvalue weighted by molar-refractivity contribution is -0.215. The normalized spacial score (nSPS) is 27.2. The molecule has 2 saturated heterocycles. The Morgan fingerprint density at radius 3 is 2.81 bits per heavy atom. The molecule has 0 saturated carbocycles. The monoisotopic (exact) mass is 392 g/mol. The Labute approximate surface area is 148 Å². The van der Waals surface area contributed by atoms with Crippen molar-refractivity contribution in [1.82, 2.24) is 15.2 Å². The summed E-state index contributed by atoms with van der Waals surface area (Å²) in [7, 11) is -2.18. The summed E-state index contributed by atoms with van der Waals surface area (Å²) in [4.78, 5) is 17.3. The minimum absolute atomic E-state index is 0.100. The van der Waals surface area contributed by atoms with E-state index in [2.05, 4.69) is 15.6 Å². The van der Waals surface area contributed by atoms with Crippen LogP contribution in [0.3, 0.4) is 0 Å². The summed E-state index contributed by atoms with van der Waals surface area (Å²) in [6, 6.07) is 2.66. The Morgan fingerprint density at radius 2 is 2.19 bits per heavy atom. The number of rotatable bonds is 3. The fourth-order valence-electron chi connectivity index (χ4n) is 3.62. The van der Waals surface area contributed by atoms with Gasteiger partial charge >= 0.3 is 12.2 Å². The van der Waals surface area contributed by atoms with E-state index in [0.29, 0.717) is 5.82 Å². The Balaban J connectivity index is 1.72. The first-order valence-electron chi connectivity index (χ1n) is 8.03. The standard InChI is InChI=1S/C15H19F3N4O3S/c1-19-12-6-10(2-4-20-12)7-21-13(23)22-8-11-14(9-22,15(16,17)18)3-5-26(11,24)25/h2,4,6,11H,3,5,7-9H2,1H3,(H,19,20)(H,21,23)/t11-,14-/m1/s1. The average Bonchev–Trinajstić information content (AvgIpc) is 3.10. The fraction of sp³-hybridized carbons (Fsp3) is 0.600. The number of hydrogen-bond donors (Lipinski definition) is 2. The van der Waals surface area contributed by atoms with Gasteiger partial charge in [-0.05, 0) is 24.1 Å². The summed E-state index contributed by atoms with van der Waals surface area (Å²) in [5, 5.41) is 3.80. The molecule has 2 atom stereocenters. The van der Waals surface area contributed by atoms with E-state index in [0.717, 1.165) is 10.5 Å². The molecule has 26 heavy (non-hydrogen) atoms. The van der Waals surface area contributed by atoms with Gasteiger partial charge in [0.15, 0.2) is 9.84 Å². The zero-order chi connectivity index (χ0) is 19.2. The zero-order valence-corrected chi connectivity index (χ0v) is 14.8. The quantitative estimate of drug-likeness (QED) is 0.811. The molecule has 2 fully saturated rings. The summed E-state index contributed by atoms with van der Waals surface area (Å²) in [5.74, 6) is 0.103. The number of amides is 2. The molecule has 0 radical (unpaired) electrons. The van der Waals surface area contributed by atoms with Crippen LogP contribution < -0.4 is 10.6 Å². The molecule has 2 amide bonds. The Morgan fingerprint density at radius 1 is 1.46 bits per heavy atom. The molecule has 0 bridgehead atoms. The van der Waals surface area contributed by atoms with Gasteiger partial charge in [-0.2, -0.15) is 13.2 Å². The Bertz CT molecular complexity index is 815. The summed E-state index contributed by atoms with van der Waals surface area (Å²) in [6.45, 7) is -0.973. The van der Waals surface area contributed by atoms with Crippen LogP contribution in [0.4, 0.5) is 23.8 Å². The lowest BCUT2D eigenvalue weighted by Gasteiger charge is -2.30. The number of nitrogens with one attached hydrogen (secondary N) is 2. The highest BCUT2D eigenvalue weighted by atomic mass is 32.2. The van der Waals surface area contributed by atoms with Crippen molar-refractivity contribution < 1.29 is 26.4 Å². The van der Waals surface area contributed by atoms with Gasteiger partial charge in [-0.15, -0.1) is 0 Å². The summed E-state index contributed by atoms with van der Waals surface area (Å²) < 4.78 is 64.8. The number of halogens is 3. The molecular formula is C15H19F3N4O3S. The van der Waals surface area contributed by atoms with Gasteiger partial charge in [0.2, 0.25) is 0 Å². The number of likely N-dealkylation sites (tertiary alicyclic amines) is 1. The van der Waals surface area contributed by atoms with E-state index in [1.165, 1.54) is 0 Å². The van der Waals surface area contributed by atoms with Gasteiger partial charge in [0, 0.05) is 32.9 Å². The first-order chi connectivity index (χ1) is 12.1. The van der Waals surface area contributed by atoms with Crippen LogP contribution >= 0.6 is 0 Å². The van der Waals surface area contributed by atoms with Crippen molar-refractivity contribution in [2.75, 3.05) is 31.2 Å². The number of fused-ring (bicyclic) bond motifs is 1. The van der Waals surface area contributed by atoms with Crippen LogP contribution in [-0.4, -0.2) is 61.6 Å². The van der Waals surface area contributed by atoms with Crippen LogP contribution in [0.25, 0.3) is 0 Å². The number of urea groups is 1. The molecule has 11 heteroatoms. The highest BCUT2D eigenvalue weighted by Gasteiger charge is 2.70. The number of alkyl halides is 3. The van der Waals surface area contributed by atoms with Crippen molar-refractivity contribution in [3.63, 3.8) is 0 Å². The number of carbonyl (C=O) groups is 1. The molecule has 0 aliphatic carbocycles. The molecule has 3 rings (SSSR count). The molecule has 1 aromatic rings. The van der Waals surface area contributed by atoms with Gasteiger partial charge in [-0.25, -0.2) is 18.2 Å². The molecule has 0 spiro atoms. The molecular weight excluding hydrogens is 373 g/mol. The number of sulfone groups is 1. The second-order valence-corrected chi connectivity index (χ2v) is 8.90. The smallest absolute Gasteiger partial charge is 0.373 e. The van der Waals surface area contributed by atoms with Crippen molar-refractivity contribution in [3.8, 4) is 0 Å². The van der Waals surface area contributed by atoms with Crippen molar-refractivity contribution in [3.05, 3.63) is 23.9 Å². The SMILES string of the molecule is CNc1cc(CNC(=O)N2C[C@@H]3[C@@](C(F)(F)F)(CCS3(=O)=O)C2)ccn1. The van der Waals surface area contributed by atoms with Crippen LogP contribution in [-0.2, 0) is 16.4 Å². The number of anilines is 1. The number of nitrogens with zero attached hydrogens (tertiary/aromatic N) is 2. The molecule has 2 N–H and O–H groups in total. The zero-order valence-electron chi connectivity index (χ0n) is 14.0. The number of carbonyl (C=O) groups excluding carboxylic acids is 1. The minimum Gasteiger partial charge on any atom is -0.373 e. The first kappa shape index (κ1) is 18.7. The van der Waals surface area contributed by atoms with Crippen molar-refractivity contribution >= 4 is 21.7 Å². The first-order valence-corrected chi connectivity index (χ1v) is 9.74. The van der Waals surface area contributed by atoms with Crippen LogP contribution in [0.15, 0.2) is 18.3 Å². The summed E-state index contributed by atoms with van der Waals surface area (Å²) >= 11 is 0. The highest BCUT2D eigenvalue weighted by Crippen LogP contribution is 2.54. The van der Waals surface area contributed by atoms with Crippen LogP contribution in [0, 0.1) is 5.41 Å². The van der Waals surface area contributed by atoms with Crippen molar-refractivity contribution in [2.45, 2.75) is 24.4 Å². The topological polar surface area (TPSA) is 91.4 Å². The molecule has 7 nitrogen and oxygen atoms in total. The van der Waals surface area contributed by atoms with E-state index < -0.39 is 58.0 Å². The predicted octanol–water partition coefficient (Wildman–Crippen LogP) is 1.38. The van der Waals surface area contributed by atoms with Crippen molar-refractivity contribution in [2.24, 2.45) is 5.41 Å². The molecule has 0 unspecified atom stereocenters. The highest BCUT2D eigenvalue weighted by molar-refractivity contribution is 7.92. The fourth-order valence-corrected chi connectivity index (χ4v) is 5.98. The largest absolute Gasteiger partial charge is 0.397 e. The molecule has 2 aliphatic rings.